The molecule has 0 aliphatic heterocycles. The van der Waals surface area contributed by atoms with E-state index in [1.54, 1.807) is 0 Å². The Morgan fingerprint density at radius 3 is 2.75 bits per heavy atom. The standard InChI is InChI=1S/C12H8ClNO6/c13-7-1-3-10(9(5-7)14(17)18)19-6-8-2-4-11(20-8)12(15)16/h1-5H,6H2,(H,15,16). The summed E-state index contributed by atoms with van der Waals surface area (Å²) in [4.78, 5) is 20.9. The molecule has 0 fully saturated rings. The number of nitrogens with zero attached hydrogens (tertiary/aromatic N) is 1. The van der Waals surface area contributed by atoms with Gasteiger partial charge in [-0.15, -0.1) is 0 Å². The SMILES string of the molecule is O=C(O)c1ccc(COc2ccc(Cl)cc2[N+](=O)[O-])o1. The van der Waals surface area contributed by atoms with E-state index in [9.17, 15) is 14.9 Å². The van der Waals surface area contributed by atoms with Crippen LogP contribution in [0.2, 0.25) is 5.02 Å². The van der Waals surface area contributed by atoms with Crippen LogP contribution in [0.4, 0.5) is 5.69 Å². The van der Waals surface area contributed by atoms with E-state index in [0.717, 1.165) is 0 Å². The van der Waals surface area contributed by atoms with E-state index in [4.69, 9.17) is 25.9 Å². The summed E-state index contributed by atoms with van der Waals surface area (Å²) in [6.07, 6.45) is 0. The Bertz CT molecular complexity index is 666. The zero-order chi connectivity index (χ0) is 14.7. The first-order chi connectivity index (χ1) is 9.47. The third-order valence-corrected chi connectivity index (χ3v) is 2.60. The molecule has 2 rings (SSSR count). The fourth-order valence-corrected chi connectivity index (χ4v) is 1.64. The highest BCUT2D eigenvalue weighted by molar-refractivity contribution is 6.30. The van der Waals surface area contributed by atoms with Crippen molar-refractivity contribution >= 4 is 23.3 Å². The predicted octanol–water partition coefficient (Wildman–Crippen LogP) is 3.12. The van der Waals surface area contributed by atoms with Gasteiger partial charge < -0.3 is 14.3 Å². The second kappa shape index (κ2) is 5.62. The lowest BCUT2D eigenvalue weighted by atomic mass is 10.3. The molecule has 0 saturated carbocycles. The number of halogens is 1. The first-order valence-electron chi connectivity index (χ1n) is 5.36. The van der Waals surface area contributed by atoms with Crippen molar-refractivity contribution in [2.45, 2.75) is 6.61 Å². The molecule has 0 atom stereocenters. The largest absolute Gasteiger partial charge is 0.479 e. The normalized spacial score (nSPS) is 10.2. The Balaban J connectivity index is 2.14. The molecule has 0 radical (unpaired) electrons. The van der Waals surface area contributed by atoms with Crippen LogP contribution in [0.3, 0.4) is 0 Å². The molecule has 0 saturated heterocycles. The number of hydrogen-bond acceptors (Lipinski definition) is 5. The maximum absolute atomic E-state index is 10.8. The molecule has 0 aliphatic rings. The molecule has 0 unspecified atom stereocenters. The van der Waals surface area contributed by atoms with Gasteiger partial charge in [-0.2, -0.15) is 0 Å². The molecule has 1 N–H and O–H groups in total. The molecule has 8 heteroatoms. The van der Waals surface area contributed by atoms with Crippen LogP contribution in [-0.4, -0.2) is 16.0 Å². The molecule has 20 heavy (non-hydrogen) atoms. The molecule has 1 heterocycles. The molecule has 0 bridgehead atoms. The fourth-order valence-electron chi connectivity index (χ4n) is 1.47. The molecule has 2 aromatic rings. The van der Waals surface area contributed by atoms with Gasteiger partial charge in [0.1, 0.15) is 12.4 Å². The summed E-state index contributed by atoms with van der Waals surface area (Å²) < 4.78 is 10.2. The Kier molecular flexibility index (Phi) is 3.90. The first kappa shape index (κ1) is 13.9. The monoisotopic (exact) mass is 297 g/mol. The van der Waals surface area contributed by atoms with Gasteiger partial charge >= 0.3 is 11.7 Å². The van der Waals surface area contributed by atoms with Crippen LogP contribution in [0.5, 0.6) is 5.75 Å². The van der Waals surface area contributed by atoms with Crippen molar-refractivity contribution in [3.63, 3.8) is 0 Å². The number of carboxylic acids is 1. The van der Waals surface area contributed by atoms with E-state index in [2.05, 4.69) is 0 Å². The van der Waals surface area contributed by atoms with Gasteiger partial charge in [0.05, 0.1) is 4.92 Å². The number of aromatic carboxylic acids is 1. The average Bonchev–Trinajstić information content (AvgIpc) is 2.86. The summed E-state index contributed by atoms with van der Waals surface area (Å²) in [5.41, 5.74) is -0.275. The third-order valence-electron chi connectivity index (χ3n) is 2.36. The Labute approximate surface area is 117 Å². The highest BCUT2D eigenvalue weighted by Crippen LogP contribution is 2.30. The molecular weight excluding hydrogens is 290 g/mol. The van der Waals surface area contributed by atoms with E-state index in [1.807, 2.05) is 0 Å². The second-order valence-corrected chi connectivity index (χ2v) is 4.17. The van der Waals surface area contributed by atoms with Gasteiger partial charge in [-0.1, -0.05) is 11.6 Å². The number of benzene rings is 1. The van der Waals surface area contributed by atoms with Crippen LogP contribution in [0, 0.1) is 10.1 Å². The van der Waals surface area contributed by atoms with Gasteiger partial charge in [0.15, 0.2) is 5.75 Å². The van der Waals surface area contributed by atoms with Crippen molar-refractivity contribution in [3.8, 4) is 5.75 Å². The Hall–Kier alpha value is -2.54. The van der Waals surface area contributed by atoms with Gasteiger partial charge in [0, 0.05) is 11.1 Å². The van der Waals surface area contributed by atoms with Crippen molar-refractivity contribution in [2.24, 2.45) is 0 Å². The topological polar surface area (TPSA) is 103 Å². The Morgan fingerprint density at radius 2 is 2.15 bits per heavy atom. The van der Waals surface area contributed by atoms with Gasteiger partial charge in [0.2, 0.25) is 5.76 Å². The fraction of sp³-hybridized carbons (Fsp3) is 0.0833. The van der Waals surface area contributed by atoms with Crippen LogP contribution < -0.4 is 4.74 Å². The zero-order valence-electron chi connectivity index (χ0n) is 9.91. The first-order valence-corrected chi connectivity index (χ1v) is 5.74. The number of nitro groups is 1. The quantitative estimate of drug-likeness (QED) is 0.672. The van der Waals surface area contributed by atoms with Crippen LogP contribution in [0.1, 0.15) is 16.3 Å². The highest BCUT2D eigenvalue weighted by Gasteiger charge is 2.16. The van der Waals surface area contributed by atoms with Crippen molar-refractivity contribution < 1.29 is 24.0 Å². The summed E-state index contributed by atoms with van der Waals surface area (Å²) in [6.45, 7) is -0.129. The minimum atomic E-state index is -1.20. The summed E-state index contributed by atoms with van der Waals surface area (Å²) in [5.74, 6) is -1.16. The van der Waals surface area contributed by atoms with E-state index >= 15 is 0 Å². The number of carboxylic acid groups (broad SMARTS) is 1. The molecule has 104 valence electrons. The molecule has 0 spiro atoms. The van der Waals surface area contributed by atoms with E-state index in [0.29, 0.717) is 0 Å². The number of hydrogen-bond donors (Lipinski definition) is 1. The molecule has 1 aromatic carbocycles. The van der Waals surface area contributed by atoms with Crippen molar-refractivity contribution in [1.82, 2.24) is 0 Å². The van der Waals surface area contributed by atoms with Crippen LogP contribution in [-0.2, 0) is 6.61 Å². The summed E-state index contributed by atoms with van der Waals surface area (Å²) >= 11 is 5.67. The number of furan rings is 1. The average molecular weight is 298 g/mol. The smallest absolute Gasteiger partial charge is 0.371 e. The minimum absolute atomic E-state index is 0.0210. The van der Waals surface area contributed by atoms with Crippen LogP contribution in [0.15, 0.2) is 34.7 Å². The lowest BCUT2D eigenvalue weighted by Gasteiger charge is -2.05. The molecule has 0 amide bonds. The van der Waals surface area contributed by atoms with Crippen LogP contribution in [0.25, 0.3) is 0 Å². The van der Waals surface area contributed by atoms with Crippen molar-refractivity contribution in [3.05, 3.63) is 57.0 Å². The number of nitro benzene ring substituents is 1. The lowest BCUT2D eigenvalue weighted by Crippen LogP contribution is -1.98. The van der Waals surface area contributed by atoms with E-state index < -0.39 is 10.9 Å². The number of carbonyl (C=O) groups is 1. The Morgan fingerprint density at radius 1 is 1.40 bits per heavy atom. The predicted molar refractivity (Wildman–Crippen MR) is 68.1 cm³/mol. The summed E-state index contributed by atoms with van der Waals surface area (Å²) in [7, 11) is 0. The lowest BCUT2D eigenvalue weighted by molar-refractivity contribution is -0.385. The maximum Gasteiger partial charge on any atom is 0.371 e. The second-order valence-electron chi connectivity index (χ2n) is 3.73. The molecule has 1 aromatic heterocycles. The van der Waals surface area contributed by atoms with Crippen molar-refractivity contribution in [1.29, 1.82) is 0 Å². The number of ether oxygens (including phenoxy) is 1. The van der Waals surface area contributed by atoms with E-state index in [-0.39, 0.29) is 34.6 Å². The summed E-state index contributed by atoms with van der Waals surface area (Å²) in [6, 6.07) is 6.68. The summed E-state index contributed by atoms with van der Waals surface area (Å²) in [5, 5.41) is 19.8. The molecule has 7 nitrogen and oxygen atoms in total. The van der Waals surface area contributed by atoms with Gasteiger partial charge in [-0.25, -0.2) is 4.79 Å². The number of rotatable bonds is 5. The van der Waals surface area contributed by atoms with Gasteiger partial charge in [0.25, 0.3) is 0 Å². The van der Waals surface area contributed by atoms with Gasteiger partial charge in [-0.3, -0.25) is 10.1 Å². The zero-order valence-corrected chi connectivity index (χ0v) is 10.7. The van der Waals surface area contributed by atoms with Crippen LogP contribution >= 0.6 is 11.6 Å². The van der Waals surface area contributed by atoms with Crippen molar-refractivity contribution in [2.75, 3.05) is 0 Å². The third kappa shape index (κ3) is 3.07. The van der Waals surface area contributed by atoms with E-state index in [1.165, 1.54) is 30.3 Å². The van der Waals surface area contributed by atoms with Gasteiger partial charge in [-0.05, 0) is 24.3 Å². The molecular formula is C12H8ClNO6. The highest BCUT2D eigenvalue weighted by atomic mass is 35.5. The minimum Gasteiger partial charge on any atom is -0.479 e. The maximum atomic E-state index is 10.8. The molecule has 0 aliphatic carbocycles.